The van der Waals surface area contributed by atoms with Crippen molar-refractivity contribution < 1.29 is 4.79 Å². The lowest BCUT2D eigenvalue weighted by Gasteiger charge is -2.31. The van der Waals surface area contributed by atoms with Gasteiger partial charge in [0, 0.05) is 24.7 Å². The Bertz CT molecular complexity index is 391. The van der Waals surface area contributed by atoms with Gasteiger partial charge in [0.15, 0.2) is 0 Å². The van der Waals surface area contributed by atoms with Crippen LogP contribution in [0.4, 0.5) is 0 Å². The number of likely N-dealkylation sites (tertiary alicyclic amines) is 1. The molecular formula is C12H19N3OS. The van der Waals surface area contributed by atoms with E-state index in [9.17, 15) is 4.79 Å². The van der Waals surface area contributed by atoms with Crippen LogP contribution in [0, 0.1) is 6.92 Å². The second-order valence-electron chi connectivity index (χ2n) is 4.59. The summed E-state index contributed by atoms with van der Waals surface area (Å²) in [6.45, 7) is 3.74. The standard InChI is InChI=1S/C12H19N3OS/c1-9-6-11(14-13-9)10-4-3-5-15(7-10)12(16)8-17-2/h6,10H,3-5,7-8H2,1-2H3,(H,13,14). The fourth-order valence-electron chi connectivity index (χ4n) is 2.31. The smallest absolute Gasteiger partial charge is 0.232 e. The van der Waals surface area contributed by atoms with Gasteiger partial charge in [0.25, 0.3) is 0 Å². The normalized spacial score (nSPS) is 20.6. The lowest BCUT2D eigenvalue weighted by atomic mass is 9.94. The average Bonchev–Trinajstić information content (AvgIpc) is 2.76. The lowest BCUT2D eigenvalue weighted by Crippen LogP contribution is -2.40. The first-order chi connectivity index (χ1) is 8.20. The van der Waals surface area contributed by atoms with Crippen LogP contribution in [0.25, 0.3) is 0 Å². The first-order valence-electron chi connectivity index (χ1n) is 5.99. The third-order valence-electron chi connectivity index (χ3n) is 3.19. The number of H-pyrrole nitrogens is 1. The number of amides is 1. The number of nitrogens with zero attached hydrogens (tertiary/aromatic N) is 2. The van der Waals surface area contributed by atoms with Gasteiger partial charge >= 0.3 is 0 Å². The largest absolute Gasteiger partial charge is 0.341 e. The Morgan fingerprint density at radius 2 is 2.53 bits per heavy atom. The summed E-state index contributed by atoms with van der Waals surface area (Å²) in [6.07, 6.45) is 4.18. The Kier molecular flexibility index (Phi) is 4.10. The van der Waals surface area contributed by atoms with Gasteiger partial charge in [-0.3, -0.25) is 9.89 Å². The maximum absolute atomic E-state index is 11.9. The highest BCUT2D eigenvalue weighted by atomic mass is 32.2. The van der Waals surface area contributed by atoms with E-state index in [1.807, 2.05) is 18.1 Å². The Balaban J connectivity index is 1.99. The van der Waals surface area contributed by atoms with Crippen LogP contribution in [0.2, 0.25) is 0 Å². The van der Waals surface area contributed by atoms with E-state index in [2.05, 4.69) is 16.3 Å². The minimum Gasteiger partial charge on any atom is -0.341 e. The highest BCUT2D eigenvalue weighted by Crippen LogP contribution is 2.26. The van der Waals surface area contributed by atoms with Crippen molar-refractivity contribution in [3.63, 3.8) is 0 Å². The van der Waals surface area contributed by atoms with Gasteiger partial charge in [-0.15, -0.1) is 0 Å². The number of hydrogen-bond acceptors (Lipinski definition) is 3. The zero-order valence-corrected chi connectivity index (χ0v) is 11.2. The topological polar surface area (TPSA) is 49.0 Å². The van der Waals surface area contributed by atoms with Gasteiger partial charge < -0.3 is 4.90 Å². The summed E-state index contributed by atoms with van der Waals surface area (Å²) >= 11 is 1.59. The van der Waals surface area contributed by atoms with E-state index in [4.69, 9.17) is 0 Å². The summed E-state index contributed by atoms with van der Waals surface area (Å²) in [7, 11) is 0. The van der Waals surface area contributed by atoms with Crippen molar-refractivity contribution in [2.45, 2.75) is 25.7 Å². The molecule has 1 aliphatic rings. The predicted octanol–water partition coefficient (Wildman–Crippen LogP) is 1.79. The molecular weight excluding hydrogens is 234 g/mol. The minimum atomic E-state index is 0.259. The lowest BCUT2D eigenvalue weighted by molar-refractivity contribution is -0.129. The second-order valence-corrected chi connectivity index (χ2v) is 5.45. The zero-order valence-electron chi connectivity index (χ0n) is 10.4. The van der Waals surface area contributed by atoms with Gasteiger partial charge in [0.05, 0.1) is 11.4 Å². The van der Waals surface area contributed by atoms with E-state index in [1.165, 1.54) is 0 Å². The van der Waals surface area contributed by atoms with Crippen molar-refractivity contribution in [2.24, 2.45) is 0 Å². The Labute approximate surface area is 106 Å². The van der Waals surface area contributed by atoms with E-state index < -0.39 is 0 Å². The van der Waals surface area contributed by atoms with Crippen LogP contribution in [-0.2, 0) is 4.79 Å². The molecule has 1 aromatic rings. The highest BCUT2D eigenvalue weighted by Gasteiger charge is 2.25. The third-order valence-corrected chi connectivity index (χ3v) is 3.72. The molecule has 0 bridgehead atoms. The monoisotopic (exact) mass is 253 g/mol. The minimum absolute atomic E-state index is 0.259. The molecule has 0 saturated carbocycles. The summed E-state index contributed by atoms with van der Waals surface area (Å²) in [5, 5.41) is 7.29. The van der Waals surface area contributed by atoms with Gasteiger partial charge in [0.1, 0.15) is 0 Å². The predicted molar refractivity (Wildman–Crippen MR) is 70.3 cm³/mol. The maximum atomic E-state index is 11.9. The summed E-state index contributed by atoms with van der Waals surface area (Å²) in [4.78, 5) is 13.8. The molecule has 0 radical (unpaired) electrons. The molecule has 1 amide bonds. The molecule has 1 atom stereocenters. The number of nitrogens with one attached hydrogen (secondary N) is 1. The van der Waals surface area contributed by atoms with Crippen molar-refractivity contribution in [3.8, 4) is 0 Å². The van der Waals surface area contributed by atoms with E-state index in [1.54, 1.807) is 11.8 Å². The molecule has 5 heteroatoms. The van der Waals surface area contributed by atoms with E-state index >= 15 is 0 Å². The number of carbonyl (C=O) groups is 1. The molecule has 0 aliphatic carbocycles. The van der Waals surface area contributed by atoms with Crippen molar-refractivity contribution in [1.82, 2.24) is 15.1 Å². The van der Waals surface area contributed by atoms with Crippen LogP contribution in [-0.4, -0.2) is 46.1 Å². The first-order valence-corrected chi connectivity index (χ1v) is 7.38. The number of aromatic nitrogens is 2. The Hall–Kier alpha value is -0.970. The van der Waals surface area contributed by atoms with Crippen LogP contribution in [0.3, 0.4) is 0 Å². The van der Waals surface area contributed by atoms with E-state index in [-0.39, 0.29) is 5.91 Å². The molecule has 2 heterocycles. The molecule has 1 aromatic heterocycles. The summed E-state index contributed by atoms with van der Waals surface area (Å²) < 4.78 is 0. The summed E-state index contributed by atoms with van der Waals surface area (Å²) in [5.41, 5.74) is 2.19. The molecule has 17 heavy (non-hydrogen) atoms. The molecule has 94 valence electrons. The number of carbonyl (C=O) groups excluding carboxylic acids is 1. The van der Waals surface area contributed by atoms with Crippen molar-refractivity contribution in [2.75, 3.05) is 25.1 Å². The summed E-state index contributed by atoms with van der Waals surface area (Å²) in [6, 6.07) is 2.09. The van der Waals surface area contributed by atoms with Gasteiger partial charge in [-0.2, -0.15) is 16.9 Å². The number of aryl methyl sites for hydroxylation is 1. The van der Waals surface area contributed by atoms with E-state index in [0.29, 0.717) is 11.7 Å². The number of rotatable bonds is 3. The molecule has 1 aliphatic heterocycles. The van der Waals surface area contributed by atoms with Crippen LogP contribution in [0.5, 0.6) is 0 Å². The molecule has 0 aromatic carbocycles. The SMILES string of the molecule is CSCC(=O)N1CCCC(c2cc(C)[nH]n2)C1. The van der Waals surface area contributed by atoms with Gasteiger partial charge in [-0.05, 0) is 32.1 Å². The number of thioether (sulfide) groups is 1. The number of hydrogen-bond donors (Lipinski definition) is 1. The quantitative estimate of drug-likeness (QED) is 0.893. The molecule has 1 fully saturated rings. The van der Waals surface area contributed by atoms with Gasteiger partial charge in [0.2, 0.25) is 5.91 Å². The number of piperidine rings is 1. The highest BCUT2D eigenvalue weighted by molar-refractivity contribution is 7.99. The molecule has 0 spiro atoms. The van der Waals surface area contributed by atoms with Crippen LogP contribution in [0.15, 0.2) is 6.07 Å². The van der Waals surface area contributed by atoms with Gasteiger partial charge in [-0.1, -0.05) is 0 Å². The molecule has 1 saturated heterocycles. The van der Waals surface area contributed by atoms with Crippen molar-refractivity contribution in [3.05, 3.63) is 17.5 Å². The fraction of sp³-hybridized carbons (Fsp3) is 0.667. The average molecular weight is 253 g/mol. The van der Waals surface area contributed by atoms with Crippen LogP contribution < -0.4 is 0 Å². The summed E-state index contributed by atoms with van der Waals surface area (Å²) in [5.74, 6) is 1.25. The first kappa shape index (κ1) is 12.5. The van der Waals surface area contributed by atoms with Crippen molar-refractivity contribution >= 4 is 17.7 Å². The fourth-order valence-corrected chi connectivity index (χ4v) is 2.74. The molecule has 2 rings (SSSR count). The van der Waals surface area contributed by atoms with Crippen LogP contribution >= 0.6 is 11.8 Å². The van der Waals surface area contributed by atoms with Crippen molar-refractivity contribution in [1.29, 1.82) is 0 Å². The third kappa shape index (κ3) is 3.03. The second kappa shape index (κ2) is 5.58. The van der Waals surface area contributed by atoms with Crippen LogP contribution in [0.1, 0.15) is 30.1 Å². The maximum Gasteiger partial charge on any atom is 0.232 e. The Morgan fingerprint density at radius 1 is 1.71 bits per heavy atom. The number of aromatic amines is 1. The van der Waals surface area contributed by atoms with E-state index in [0.717, 1.165) is 37.3 Å². The zero-order chi connectivity index (χ0) is 12.3. The molecule has 1 N–H and O–H groups in total. The van der Waals surface area contributed by atoms with Gasteiger partial charge in [-0.25, -0.2) is 0 Å². The Morgan fingerprint density at radius 3 is 3.18 bits per heavy atom. The molecule has 1 unspecified atom stereocenters. The molecule has 4 nitrogen and oxygen atoms in total.